The van der Waals surface area contributed by atoms with Crippen LogP contribution in [0.1, 0.15) is 38.2 Å². The molecule has 142 valence electrons. The Morgan fingerprint density at radius 2 is 1.96 bits per heavy atom. The third kappa shape index (κ3) is 4.16. The van der Waals surface area contributed by atoms with Crippen LogP contribution >= 0.6 is 0 Å². The summed E-state index contributed by atoms with van der Waals surface area (Å²) in [7, 11) is 1.59. The molecule has 0 aliphatic rings. The van der Waals surface area contributed by atoms with Gasteiger partial charge in [-0.2, -0.15) is 10.1 Å². The van der Waals surface area contributed by atoms with Crippen LogP contribution in [-0.4, -0.2) is 25.3 Å². The van der Waals surface area contributed by atoms with Gasteiger partial charge in [0.05, 0.1) is 6.21 Å². The number of aromatic amines is 1. The van der Waals surface area contributed by atoms with Gasteiger partial charge in [-0.15, -0.1) is 0 Å². The second-order valence-electron chi connectivity index (χ2n) is 6.42. The number of rotatable bonds is 8. The van der Waals surface area contributed by atoms with Crippen molar-refractivity contribution >= 4 is 23.3 Å². The molecule has 0 unspecified atom stereocenters. The van der Waals surface area contributed by atoms with Crippen LogP contribution in [0.5, 0.6) is 0 Å². The van der Waals surface area contributed by atoms with E-state index in [4.69, 9.17) is 0 Å². The molecule has 2 aromatic heterocycles. The number of aromatic nitrogens is 4. The first-order valence-electron chi connectivity index (χ1n) is 9.15. The van der Waals surface area contributed by atoms with Gasteiger partial charge in [0.25, 0.3) is 5.56 Å². The molecule has 3 rings (SSSR count). The van der Waals surface area contributed by atoms with Crippen molar-refractivity contribution in [3.05, 3.63) is 56.7 Å². The van der Waals surface area contributed by atoms with Gasteiger partial charge >= 0.3 is 5.69 Å². The molecule has 0 bridgehead atoms. The fourth-order valence-corrected chi connectivity index (χ4v) is 2.94. The molecule has 0 radical (unpaired) electrons. The van der Waals surface area contributed by atoms with Crippen LogP contribution in [0.15, 0.2) is 45.0 Å². The third-order valence-electron chi connectivity index (χ3n) is 4.42. The summed E-state index contributed by atoms with van der Waals surface area (Å²) in [6.07, 6.45) is 5.93. The maximum atomic E-state index is 12.4. The molecule has 0 saturated heterocycles. The van der Waals surface area contributed by atoms with E-state index in [-0.39, 0.29) is 0 Å². The minimum atomic E-state index is -0.484. The number of hydrogen-bond donors (Lipinski definition) is 2. The summed E-state index contributed by atoms with van der Waals surface area (Å²) < 4.78 is 3.14. The van der Waals surface area contributed by atoms with Gasteiger partial charge in [0.1, 0.15) is 0 Å². The highest BCUT2D eigenvalue weighted by Crippen LogP contribution is 2.17. The summed E-state index contributed by atoms with van der Waals surface area (Å²) in [5.74, 6) is 0.445. The highest BCUT2D eigenvalue weighted by Gasteiger charge is 2.16. The molecule has 0 spiro atoms. The molecule has 2 N–H and O–H groups in total. The number of benzene rings is 1. The van der Waals surface area contributed by atoms with Crippen LogP contribution in [0.2, 0.25) is 0 Å². The number of unbranched alkanes of at least 4 members (excludes halogenated alkanes) is 3. The molecule has 3 aromatic rings. The summed E-state index contributed by atoms with van der Waals surface area (Å²) in [5.41, 5.74) is 3.67. The molecular formula is C19H24N6O2. The molecule has 0 aliphatic carbocycles. The van der Waals surface area contributed by atoms with E-state index in [1.165, 1.54) is 4.57 Å². The van der Waals surface area contributed by atoms with E-state index in [1.54, 1.807) is 17.8 Å². The molecule has 1 aromatic carbocycles. The number of anilines is 1. The first kappa shape index (κ1) is 18.6. The number of aryl methyl sites for hydroxylation is 2. The minimum Gasteiger partial charge on any atom is -0.303 e. The Bertz CT molecular complexity index is 1050. The Balaban J connectivity index is 1.95. The van der Waals surface area contributed by atoms with Gasteiger partial charge in [-0.05, 0) is 12.0 Å². The van der Waals surface area contributed by atoms with Crippen LogP contribution in [-0.2, 0) is 13.6 Å². The van der Waals surface area contributed by atoms with Crippen LogP contribution in [0.25, 0.3) is 11.2 Å². The second kappa shape index (κ2) is 8.48. The van der Waals surface area contributed by atoms with Crippen molar-refractivity contribution < 1.29 is 0 Å². The fourth-order valence-electron chi connectivity index (χ4n) is 2.94. The molecule has 0 fully saturated rings. The molecule has 0 saturated carbocycles. The Morgan fingerprint density at radius 3 is 2.70 bits per heavy atom. The normalized spacial score (nSPS) is 11.5. The number of imidazole rings is 1. The number of hydrogen-bond acceptors (Lipinski definition) is 5. The summed E-state index contributed by atoms with van der Waals surface area (Å²) in [5, 5.41) is 4.24. The first-order chi connectivity index (χ1) is 13.1. The lowest BCUT2D eigenvalue weighted by Crippen LogP contribution is -2.29. The molecule has 2 heterocycles. The molecule has 8 nitrogen and oxygen atoms in total. The number of H-pyrrole nitrogens is 1. The zero-order chi connectivity index (χ0) is 19.2. The van der Waals surface area contributed by atoms with Crippen molar-refractivity contribution in [2.75, 3.05) is 5.43 Å². The molecule has 0 atom stereocenters. The number of fused-ring (bicyclic) bond motifs is 1. The fraction of sp³-hybridized carbons (Fsp3) is 0.368. The molecular weight excluding hydrogens is 344 g/mol. The summed E-state index contributed by atoms with van der Waals surface area (Å²) in [4.78, 5) is 31.0. The van der Waals surface area contributed by atoms with E-state index in [2.05, 4.69) is 27.4 Å². The molecule has 0 amide bonds. The van der Waals surface area contributed by atoms with E-state index >= 15 is 0 Å². The average molecular weight is 368 g/mol. The Kier molecular flexibility index (Phi) is 5.85. The van der Waals surface area contributed by atoms with Crippen molar-refractivity contribution in [3.8, 4) is 0 Å². The standard InChI is InChI=1S/C19H24N6O2/c1-3-4-5-9-12-25-15-16(24(2)19(27)22-17(15)26)21-18(25)23-20-13-14-10-7-6-8-11-14/h6-8,10-11,13H,3-5,9,12H2,1-2H3,(H,21,23)(H,22,26,27)/b20-13-. The van der Waals surface area contributed by atoms with Crippen molar-refractivity contribution in [2.45, 2.75) is 39.2 Å². The van der Waals surface area contributed by atoms with E-state index in [0.717, 1.165) is 31.2 Å². The van der Waals surface area contributed by atoms with Crippen molar-refractivity contribution in [1.29, 1.82) is 0 Å². The zero-order valence-corrected chi connectivity index (χ0v) is 15.6. The van der Waals surface area contributed by atoms with Crippen LogP contribution in [0, 0.1) is 0 Å². The van der Waals surface area contributed by atoms with E-state index in [9.17, 15) is 9.59 Å². The number of nitrogens with one attached hydrogen (secondary N) is 2. The van der Waals surface area contributed by atoms with Crippen molar-refractivity contribution in [2.24, 2.45) is 12.1 Å². The van der Waals surface area contributed by atoms with Gasteiger partial charge in [0.15, 0.2) is 11.2 Å². The van der Waals surface area contributed by atoms with E-state index in [0.29, 0.717) is 23.7 Å². The summed E-state index contributed by atoms with van der Waals surface area (Å²) >= 11 is 0. The quantitative estimate of drug-likeness (QED) is 0.362. The number of nitrogens with zero attached hydrogens (tertiary/aromatic N) is 4. The van der Waals surface area contributed by atoms with E-state index < -0.39 is 11.2 Å². The lowest BCUT2D eigenvalue weighted by atomic mass is 10.2. The van der Waals surface area contributed by atoms with Crippen LogP contribution in [0.3, 0.4) is 0 Å². The van der Waals surface area contributed by atoms with Crippen molar-refractivity contribution in [3.63, 3.8) is 0 Å². The third-order valence-corrected chi connectivity index (χ3v) is 4.42. The Hall–Kier alpha value is -3.16. The van der Waals surface area contributed by atoms with Gasteiger partial charge in [0, 0.05) is 13.6 Å². The van der Waals surface area contributed by atoms with E-state index in [1.807, 2.05) is 30.3 Å². The van der Waals surface area contributed by atoms with Crippen LogP contribution in [0.4, 0.5) is 5.95 Å². The highest BCUT2D eigenvalue weighted by atomic mass is 16.2. The van der Waals surface area contributed by atoms with Crippen LogP contribution < -0.4 is 16.7 Å². The lowest BCUT2D eigenvalue weighted by Gasteiger charge is -2.07. The zero-order valence-electron chi connectivity index (χ0n) is 15.6. The number of hydrazone groups is 1. The smallest absolute Gasteiger partial charge is 0.303 e. The second-order valence-corrected chi connectivity index (χ2v) is 6.42. The monoisotopic (exact) mass is 368 g/mol. The van der Waals surface area contributed by atoms with Gasteiger partial charge in [0.2, 0.25) is 5.95 Å². The predicted molar refractivity (Wildman–Crippen MR) is 107 cm³/mol. The highest BCUT2D eigenvalue weighted by molar-refractivity contribution is 5.80. The maximum Gasteiger partial charge on any atom is 0.329 e. The van der Waals surface area contributed by atoms with Gasteiger partial charge in [-0.1, -0.05) is 56.5 Å². The maximum absolute atomic E-state index is 12.4. The Morgan fingerprint density at radius 1 is 1.19 bits per heavy atom. The largest absolute Gasteiger partial charge is 0.329 e. The van der Waals surface area contributed by atoms with Crippen molar-refractivity contribution in [1.82, 2.24) is 19.1 Å². The molecule has 27 heavy (non-hydrogen) atoms. The van der Waals surface area contributed by atoms with Gasteiger partial charge in [-0.3, -0.25) is 14.3 Å². The molecule has 0 aliphatic heterocycles. The minimum absolute atomic E-state index is 0.344. The topological polar surface area (TPSA) is 97.1 Å². The van der Waals surface area contributed by atoms with Gasteiger partial charge < -0.3 is 4.57 Å². The Labute approximate surface area is 156 Å². The molecule has 8 heteroatoms. The SMILES string of the molecule is CCCCCCn1c(N/N=C\c2ccccc2)nc2c1c(=O)[nH]c(=O)n2C. The average Bonchev–Trinajstić information content (AvgIpc) is 3.03. The first-order valence-corrected chi connectivity index (χ1v) is 9.15. The summed E-state index contributed by atoms with van der Waals surface area (Å²) in [6, 6.07) is 9.67. The predicted octanol–water partition coefficient (Wildman–Crippen LogP) is 2.45. The van der Waals surface area contributed by atoms with Gasteiger partial charge in [-0.25, -0.2) is 10.2 Å². The lowest BCUT2D eigenvalue weighted by molar-refractivity contribution is 0.593. The summed E-state index contributed by atoms with van der Waals surface area (Å²) in [6.45, 7) is 2.78.